The van der Waals surface area contributed by atoms with Gasteiger partial charge in [0.2, 0.25) is 0 Å². The van der Waals surface area contributed by atoms with Crippen LogP contribution in [0, 0.1) is 21.4 Å². The Kier molecular flexibility index (Phi) is 2.94. The second kappa shape index (κ2) is 3.98. The molecule has 0 saturated heterocycles. The van der Waals surface area contributed by atoms with Gasteiger partial charge in [0, 0.05) is 0 Å². The molecule has 1 rings (SSSR count). The van der Waals surface area contributed by atoms with E-state index in [0.717, 1.165) is 0 Å². The summed E-state index contributed by atoms with van der Waals surface area (Å²) in [6.45, 7) is 0. The van der Waals surface area contributed by atoms with E-state index in [-0.39, 0.29) is 21.9 Å². The minimum absolute atomic E-state index is 0.106. The van der Waals surface area contributed by atoms with E-state index < -0.39 is 4.92 Å². The predicted octanol–water partition coefficient (Wildman–Crippen LogP) is 1.76. The van der Waals surface area contributed by atoms with Gasteiger partial charge >= 0.3 is 5.69 Å². The Balaban J connectivity index is 3.53. The minimum atomic E-state index is -0.649. The maximum atomic E-state index is 10.6. The average Bonchev–Trinajstić information content (AvgIpc) is 2.16. The van der Waals surface area contributed by atoms with Gasteiger partial charge in [-0.25, -0.2) is 0 Å². The fourth-order valence-corrected chi connectivity index (χ4v) is 1.29. The second-order valence-electron chi connectivity index (χ2n) is 2.38. The molecule has 0 heterocycles. The van der Waals surface area contributed by atoms with Gasteiger partial charge in [0.05, 0.1) is 16.9 Å². The standard InChI is InChI=1S/C8H6N2O3S/c1-13-6-2-3-7(14)8(10(11)12)5(6)4-9/h2-3,14H,1H3. The molecule has 1 aromatic carbocycles. The second-order valence-corrected chi connectivity index (χ2v) is 2.86. The van der Waals surface area contributed by atoms with Crippen molar-refractivity contribution < 1.29 is 9.66 Å². The van der Waals surface area contributed by atoms with Crippen molar-refractivity contribution in [3.8, 4) is 11.8 Å². The number of ether oxygens (including phenoxy) is 1. The van der Waals surface area contributed by atoms with E-state index in [9.17, 15) is 10.1 Å². The first kappa shape index (κ1) is 10.3. The van der Waals surface area contributed by atoms with Crippen molar-refractivity contribution >= 4 is 18.3 Å². The largest absolute Gasteiger partial charge is 0.495 e. The monoisotopic (exact) mass is 210 g/mol. The summed E-state index contributed by atoms with van der Waals surface area (Å²) in [6, 6.07) is 4.61. The summed E-state index contributed by atoms with van der Waals surface area (Å²) in [5, 5.41) is 19.4. The van der Waals surface area contributed by atoms with E-state index >= 15 is 0 Å². The molecule has 14 heavy (non-hydrogen) atoms. The number of benzene rings is 1. The molecule has 6 heteroatoms. The number of methoxy groups -OCH3 is 1. The van der Waals surface area contributed by atoms with Crippen LogP contribution in [0.3, 0.4) is 0 Å². The maximum Gasteiger partial charge on any atom is 0.304 e. The van der Waals surface area contributed by atoms with Crippen LogP contribution in [0.15, 0.2) is 17.0 Å². The quantitative estimate of drug-likeness (QED) is 0.458. The van der Waals surface area contributed by atoms with Crippen LogP contribution in [-0.2, 0) is 0 Å². The first-order valence-electron chi connectivity index (χ1n) is 3.56. The Labute approximate surface area is 85.5 Å². The highest BCUT2D eigenvalue weighted by Crippen LogP contribution is 2.33. The molecule has 0 unspecified atom stereocenters. The number of thiol groups is 1. The van der Waals surface area contributed by atoms with Crippen molar-refractivity contribution in [1.29, 1.82) is 5.26 Å². The van der Waals surface area contributed by atoms with Gasteiger partial charge < -0.3 is 4.74 Å². The van der Waals surface area contributed by atoms with Crippen molar-refractivity contribution in [2.75, 3.05) is 7.11 Å². The van der Waals surface area contributed by atoms with Crippen molar-refractivity contribution in [2.45, 2.75) is 4.90 Å². The van der Waals surface area contributed by atoms with E-state index in [1.54, 1.807) is 6.07 Å². The van der Waals surface area contributed by atoms with Crippen LogP contribution in [0.25, 0.3) is 0 Å². The lowest BCUT2D eigenvalue weighted by atomic mass is 10.2. The zero-order valence-electron chi connectivity index (χ0n) is 7.22. The lowest BCUT2D eigenvalue weighted by Crippen LogP contribution is -1.97. The van der Waals surface area contributed by atoms with Crippen molar-refractivity contribution in [2.24, 2.45) is 0 Å². The lowest BCUT2D eigenvalue weighted by Gasteiger charge is -2.03. The summed E-state index contributed by atoms with van der Waals surface area (Å²) < 4.78 is 4.82. The van der Waals surface area contributed by atoms with Crippen LogP contribution in [0.5, 0.6) is 5.75 Å². The van der Waals surface area contributed by atoms with Gasteiger partial charge in [-0.2, -0.15) is 5.26 Å². The number of rotatable bonds is 2. The maximum absolute atomic E-state index is 10.6. The minimum Gasteiger partial charge on any atom is -0.495 e. The van der Waals surface area contributed by atoms with Crippen LogP contribution in [-0.4, -0.2) is 12.0 Å². The fraction of sp³-hybridized carbons (Fsp3) is 0.125. The summed E-state index contributed by atoms with van der Waals surface area (Å²) >= 11 is 3.90. The Hall–Kier alpha value is -1.74. The van der Waals surface area contributed by atoms with Gasteiger partial charge in [-0.1, -0.05) is 0 Å². The highest BCUT2D eigenvalue weighted by atomic mass is 32.1. The summed E-state index contributed by atoms with van der Waals surface area (Å²) in [4.78, 5) is 10.1. The number of nitriles is 1. The number of nitro groups is 1. The van der Waals surface area contributed by atoms with Crippen LogP contribution in [0.4, 0.5) is 5.69 Å². The van der Waals surface area contributed by atoms with Crippen LogP contribution in [0.2, 0.25) is 0 Å². The molecule has 0 atom stereocenters. The van der Waals surface area contributed by atoms with E-state index in [4.69, 9.17) is 10.00 Å². The Morgan fingerprint density at radius 1 is 1.64 bits per heavy atom. The molecule has 0 aliphatic heterocycles. The van der Waals surface area contributed by atoms with Crippen LogP contribution in [0.1, 0.15) is 5.56 Å². The molecule has 0 saturated carbocycles. The summed E-state index contributed by atoms with van der Waals surface area (Å²) in [5.41, 5.74) is -0.430. The molecule has 0 spiro atoms. The smallest absolute Gasteiger partial charge is 0.304 e. The average molecular weight is 210 g/mol. The van der Waals surface area contributed by atoms with E-state index in [2.05, 4.69) is 12.6 Å². The Bertz CT molecular complexity index is 425. The molecule has 0 aromatic heterocycles. The SMILES string of the molecule is COc1ccc(S)c([N+](=O)[O-])c1C#N. The topological polar surface area (TPSA) is 76.2 Å². The van der Waals surface area contributed by atoms with Crippen molar-refractivity contribution in [3.05, 3.63) is 27.8 Å². The van der Waals surface area contributed by atoms with Crippen LogP contribution < -0.4 is 4.74 Å². The van der Waals surface area contributed by atoms with Gasteiger partial charge in [0.25, 0.3) is 0 Å². The summed E-state index contributed by atoms with van der Waals surface area (Å²) in [6.07, 6.45) is 0. The van der Waals surface area contributed by atoms with Gasteiger partial charge in [0.15, 0.2) is 5.56 Å². The molecule has 0 amide bonds. The molecule has 0 fully saturated rings. The first-order chi connectivity index (χ1) is 6.61. The highest BCUT2D eigenvalue weighted by Gasteiger charge is 2.21. The molecule has 0 radical (unpaired) electrons. The molecular weight excluding hydrogens is 204 g/mol. The van der Waals surface area contributed by atoms with Gasteiger partial charge in [-0.05, 0) is 12.1 Å². The number of nitrogens with zero attached hydrogens (tertiary/aromatic N) is 2. The third kappa shape index (κ3) is 1.63. The van der Waals surface area contributed by atoms with Crippen molar-refractivity contribution in [1.82, 2.24) is 0 Å². The first-order valence-corrected chi connectivity index (χ1v) is 4.01. The van der Waals surface area contributed by atoms with E-state index in [1.807, 2.05) is 0 Å². The van der Waals surface area contributed by atoms with E-state index in [1.165, 1.54) is 19.2 Å². The number of hydrogen-bond acceptors (Lipinski definition) is 5. The summed E-state index contributed by atoms with van der Waals surface area (Å²) in [7, 11) is 1.35. The van der Waals surface area contributed by atoms with E-state index in [0.29, 0.717) is 0 Å². The third-order valence-electron chi connectivity index (χ3n) is 1.63. The molecule has 0 N–H and O–H groups in total. The number of hydrogen-bond donors (Lipinski definition) is 1. The highest BCUT2D eigenvalue weighted by molar-refractivity contribution is 7.80. The van der Waals surface area contributed by atoms with Crippen molar-refractivity contribution in [3.63, 3.8) is 0 Å². The zero-order chi connectivity index (χ0) is 10.7. The molecule has 72 valence electrons. The van der Waals surface area contributed by atoms with Crippen LogP contribution >= 0.6 is 12.6 Å². The Morgan fingerprint density at radius 3 is 2.71 bits per heavy atom. The fourth-order valence-electron chi connectivity index (χ4n) is 1.02. The predicted molar refractivity (Wildman–Crippen MR) is 51.6 cm³/mol. The molecule has 0 bridgehead atoms. The molecule has 0 aliphatic carbocycles. The van der Waals surface area contributed by atoms with Gasteiger partial charge in [-0.3, -0.25) is 10.1 Å². The normalized spacial score (nSPS) is 9.21. The Morgan fingerprint density at radius 2 is 2.29 bits per heavy atom. The third-order valence-corrected chi connectivity index (χ3v) is 1.99. The molecule has 1 aromatic rings. The van der Waals surface area contributed by atoms with Gasteiger partial charge in [-0.15, -0.1) is 12.6 Å². The zero-order valence-corrected chi connectivity index (χ0v) is 8.12. The molecule has 0 aliphatic rings. The lowest BCUT2D eigenvalue weighted by molar-refractivity contribution is -0.388. The summed E-state index contributed by atoms with van der Waals surface area (Å²) in [5.74, 6) is 0.178. The van der Waals surface area contributed by atoms with Gasteiger partial charge in [0.1, 0.15) is 11.8 Å². The molecular formula is C8H6N2O3S. The number of nitro benzene ring substituents is 1. The molecule has 5 nitrogen and oxygen atoms in total.